The molecule has 1 aliphatic heterocycles. The summed E-state index contributed by atoms with van der Waals surface area (Å²) in [6.45, 7) is 2.12. The van der Waals surface area contributed by atoms with Crippen molar-refractivity contribution in [2.45, 2.75) is 31.2 Å². The van der Waals surface area contributed by atoms with Crippen LogP contribution in [0.4, 0.5) is 5.95 Å². The van der Waals surface area contributed by atoms with Crippen molar-refractivity contribution < 1.29 is 0 Å². The summed E-state index contributed by atoms with van der Waals surface area (Å²) in [5.74, 6) is 1.50. The first kappa shape index (κ1) is 9.09. The van der Waals surface area contributed by atoms with Gasteiger partial charge in [-0.25, -0.2) is 9.97 Å². The summed E-state index contributed by atoms with van der Waals surface area (Å²) in [4.78, 5) is 8.81. The van der Waals surface area contributed by atoms with Gasteiger partial charge in [-0.2, -0.15) is 0 Å². The Kier molecular flexibility index (Phi) is 2.29. The monoisotopic (exact) mass is 204 g/mol. The van der Waals surface area contributed by atoms with Gasteiger partial charge in [0.15, 0.2) is 0 Å². The molecule has 80 valence electrons. The van der Waals surface area contributed by atoms with Gasteiger partial charge in [0, 0.05) is 30.4 Å². The Bertz CT molecular complexity index is 342. The maximum absolute atomic E-state index is 4.55. The Morgan fingerprint density at radius 1 is 1.33 bits per heavy atom. The van der Waals surface area contributed by atoms with Crippen molar-refractivity contribution in [2.24, 2.45) is 0 Å². The third-order valence-electron chi connectivity index (χ3n) is 3.07. The van der Waals surface area contributed by atoms with Gasteiger partial charge in [-0.15, -0.1) is 0 Å². The Labute approximate surface area is 89.5 Å². The standard InChI is InChI=1S/C11H16N4/c1-2-8(1)10-4-6-13-11(15-10)14-9-3-5-12-7-9/h4,6,8-9,12H,1-3,5,7H2,(H,13,14,15). The van der Waals surface area contributed by atoms with Gasteiger partial charge in [-0.05, 0) is 31.9 Å². The fourth-order valence-electron chi connectivity index (χ4n) is 2.01. The van der Waals surface area contributed by atoms with Crippen LogP contribution in [0.25, 0.3) is 0 Å². The predicted molar refractivity (Wildman–Crippen MR) is 58.9 cm³/mol. The second kappa shape index (κ2) is 3.77. The molecule has 1 saturated heterocycles. The molecular formula is C11H16N4. The lowest BCUT2D eigenvalue weighted by Crippen LogP contribution is -2.23. The SMILES string of the molecule is c1cc(C2CC2)nc(NC2CCNC2)n1. The van der Waals surface area contributed by atoms with E-state index in [9.17, 15) is 0 Å². The molecule has 0 bridgehead atoms. The third kappa shape index (κ3) is 2.09. The smallest absolute Gasteiger partial charge is 0.223 e. The predicted octanol–water partition coefficient (Wildman–Crippen LogP) is 1.13. The quantitative estimate of drug-likeness (QED) is 0.775. The molecule has 0 radical (unpaired) electrons. The largest absolute Gasteiger partial charge is 0.350 e. The molecule has 1 aromatic rings. The van der Waals surface area contributed by atoms with E-state index < -0.39 is 0 Å². The van der Waals surface area contributed by atoms with Crippen molar-refractivity contribution in [1.29, 1.82) is 0 Å². The lowest BCUT2D eigenvalue weighted by Gasteiger charge is -2.11. The summed E-state index contributed by atoms with van der Waals surface area (Å²) in [5.41, 5.74) is 1.21. The maximum Gasteiger partial charge on any atom is 0.223 e. The molecule has 1 unspecified atom stereocenters. The summed E-state index contributed by atoms with van der Waals surface area (Å²) in [6.07, 6.45) is 5.62. The minimum Gasteiger partial charge on any atom is -0.350 e. The molecule has 15 heavy (non-hydrogen) atoms. The molecule has 2 aliphatic rings. The average molecular weight is 204 g/mol. The van der Waals surface area contributed by atoms with Crippen LogP contribution in [0.5, 0.6) is 0 Å². The van der Waals surface area contributed by atoms with Crippen molar-refractivity contribution in [3.63, 3.8) is 0 Å². The summed E-state index contributed by atoms with van der Waals surface area (Å²) in [5, 5.41) is 6.70. The first-order valence-corrected chi connectivity index (χ1v) is 5.72. The molecule has 2 N–H and O–H groups in total. The van der Waals surface area contributed by atoms with Gasteiger partial charge in [0.05, 0.1) is 0 Å². The number of nitrogens with zero attached hydrogens (tertiary/aromatic N) is 2. The number of hydrogen-bond acceptors (Lipinski definition) is 4. The molecule has 2 fully saturated rings. The molecule has 0 spiro atoms. The van der Waals surface area contributed by atoms with Crippen molar-refractivity contribution in [3.8, 4) is 0 Å². The van der Waals surface area contributed by atoms with E-state index in [-0.39, 0.29) is 0 Å². The third-order valence-corrected chi connectivity index (χ3v) is 3.07. The Morgan fingerprint density at radius 2 is 2.27 bits per heavy atom. The van der Waals surface area contributed by atoms with Crippen LogP contribution in [0.3, 0.4) is 0 Å². The number of rotatable bonds is 3. The van der Waals surface area contributed by atoms with Crippen LogP contribution in [0.2, 0.25) is 0 Å². The van der Waals surface area contributed by atoms with Gasteiger partial charge in [0.25, 0.3) is 0 Å². The molecular weight excluding hydrogens is 188 g/mol. The van der Waals surface area contributed by atoms with E-state index in [1.54, 1.807) is 0 Å². The Hall–Kier alpha value is -1.16. The van der Waals surface area contributed by atoms with Crippen LogP contribution in [0.1, 0.15) is 30.9 Å². The highest BCUT2D eigenvalue weighted by Gasteiger charge is 2.25. The first-order chi connectivity index (χ1) is 7.42. The van der Waals surface area contributed by atoms with Gasteiger partial charge >= 0.3 is 0 Å². The zero-order valence-electron chi connectivity index (χ0n) is 8.74. The highest BCUT2D eigenvalue weighted by molar-refractivity contribution is 5.29. The zero-order chi connectivity index (χ0) is 10.1. The molecule has 0 aromatic carbocycles. The van der Waals surface area contributed by atoms with Crippen molar-refractivity contribution in [2.75, 3.05) is 18.4 Å². The molecule has 1 saturated carbocycles. The van der Waals surface area contributed by atoms with Gasteiger partial charge in [0.1, 0.15) is 0 Å². The highest BCUT2D eigenvalue weighted by Crippen LogP contribution is 2.38. The van der Waals surface area contributed by atoms with Crippen LogP contribution < -0.4 is 10.6 Å². The summed E-state index contributed by atoms with van der Waals surface area (Å²) < 4.78 is 0. The summed E-state index contributed by atoms with van der Waals surface area (Å²) in [7, 11) is 0. The second-order valence-corrected chi connectivity index (χ2v) is 4.41. The van der Waals surface area contributed by atoms with Crippen LogP contribution in [-0.2, 0) is 0 Å². The van der Waals surface area contributed by atoms with Crippen molar-refractivity contribution in [3.05, 3.63) is 18.0 Å². The number of hydrogen-bond donors (Lipinski definition) is 2. The summed E-state index contributed by atoms with van der Waals surface area (Å²) in [6, 6.07) is 2.54. The minimum absolute atomic E-state index is 0.499. The van der Waals surface area contributed by atoms with Gasteiger partial charge in [-0.1, -0.05) is 0 Å². The molecule has 3 rings (SSSR count). The van der Waals surface area contributed by atoms with E-state index in [1.807, 2.05) is 12.3 Å². The van der Waals surface area contributed by atoms with E-state index in [4.69, 9.17) is 0 Å². The van der Waals surface area contributed by atoms with Crippen LogP contribution in [-0.4, -0.2) is 29.1 Å². The maximum atomic E-state index is 4.55. The molecule has 1 aromatic heterocycles. The van der Waals surface area contributed by atoms with Crippen LogP contribution in [0, 0.1) is 0 Å². The summed E-state index contributed by atoms with van der Waals surface area (Å²) >= 11 is 0. The topological polar surface area (TPSA) is 49.8 Å². The fourth-order valence-corrected chi connectivity index (χ4v) is 2.01. The van der Waals surface area contributed by atoms with E-state index in [0.717, 1.165) is 25.5 Å². The normalized spacial score (nSPS) is 25.5. The molecule has 0 amide bonds. The molecule has 4 nitrogen and oxygen atoms in total. The van der Waals surface area contributed by atoms with Gasteiger partial charge in [-0.3, -0.25) is 0 Å². The number of aromatic nitrogens is 2. The second-order valence-electron chi connectivity index (χ2n) is 4.41. The molecule has 2 heterocycles. The van der Waals surface area contributed by atoms with Gasteiger partial charge in [0.2, 0.25) is 5.95 Å². The van der Waals surface area contributed by atoms with Crippen LogP contribution >= 0.6 is 0 Å². The highest BCUT2D eigenvalue weighted by atomic mass is 15.1. The van der Waals surface area contributed by atoms with E-state index >= 15 is 0 Å². The average Bonchev–Trinajstić information content (AvgIpc) is 3.00. The molecule has 4 heteroatoms. The van der Waals surface area contributed by atoms with Gasteiger partial charge < -0.3 is 10.6 Å². The lowest BCUT2D eigenvalue weighted by molar-refractivity contribution is 0.777. The number of anilines is 1. The van der Waals surface area contributed by atoms with Crippen LogP contribution in [0.15, 0.2) is 12.3 Å². The Balaban J connectivity index is 1.70. The van der Waals surface area contributed by atoms with E-state index in [2.05, 4.69) is 20.6 Å². The number of nitrogens with one attached hydrogen (secondary N) is 2. The zero-order valence-corrected chi connectivity index (χ0v) is 8.74. The van der Waals surface area contributed by atoms with E-state index in [1.165, 1.54) is 18.5 Å². The first-order valence-electron chi connectivity index (χ1n) is 5.72. The Morgan fingerprint density at radius 3 is 3.00 bits per heavy atom. The van der Waals surface area contributed by atoms with Crippen molar-refractivity contribution in [1.82, 2.24) is 15.3 Å². The van der Waals surface area contributed by atoms with Crippen molar-refractivity contribution >= 4 is 5.95 Å². The van der Waals surface area contributed by atoms with E-state index in [0.29, 0.717) is 12.0 Å². The molecule has 1 aliphatic carbocycles. The fraction of sp³-hybridized carbons (Fsp3) is 0.636. The minimum atomic E-state index is 0.499. The lowest BCUT2D eigenvalue weighted by atomic mass is 10.2. The molecule has 1 atom stereocenters.